The normalized spacial score (nSPS) is 26.6. The van der Waals surface area contributed by atoms with Gasteiger partial charge in [-0.05, 0) is 37.3 Å². The fourth-order valence-corrected chi connectivity index (χ4v) is 4.56. The summed E-state index contributed by atoms with van der Waals surface area (Å²) in [7, 11) is 0. The number of rotatable bonds is 8. The second-order valence-corrected chi connectivity index (χ2v) is 7.55. The molecule has 162 valence electrons. The molecule has 2 aliphatic carbocycles. The van der Waals surface area contributed by atoms with E-state index in [1.165, 1.54) is 4.90 Å². The van der Waals surface area contributed by atoms with Crippen LogP contribution in [0, 0.1) is 23.7 Å². The van der Waals surface area contributed by atoms with Crippen LogP contribution in [-0.4, -0.2) is 60.4 Å². The highest BCUT2D eigenvalue weighted by Gasteiger charge is 2.58. The first-order valence-corrected chi connectivity index (χ1v) is 10.3. The molecule has 2 N–H and O–H groups in total. The summed E-state index contributed by atoms with van der Waals surface area (Å²) < 4.78 is 5.61. The lowest BCUT2D eigenvalue weighted by Gasteiger charge is -2.17. The van der Waals surface area contributed by atoms with Crippen LogP contribution in [0.5, 0.6) is 5.75 Å². The van der Waals surface area contributed by atoms with Crippen LogP contribution in [0.15, 0.2) is 41.7 Å². The summed E-state index contributed by atoms with van der Waals surface area (Å²) in [6.07, 6.45) is 8.54. The van der Waals surface area contributed by atoms with Gasteiger partial charge in [0.1, 0.15) is 12.4 Å². The van der Waals surface area contributed by atoms with Gasteiger partial charge in [0.05, 0.1) is 31.1 Å². The van der Waals surface area contributed by atoms with Crippen LogP contribution in [0.1, 0.15) is 13.3 Å². The Hall–Kier alpha value is -2.17. The van der Waals surface area contributed by atoms with Crippen molar-refractivity contribution in [3.05, 3.63) is 36.7 Å². The SMILES string of the molecule is CCNC(=NCCN1C(=O)C2C3C=CC(C3)C2C1=O)NCCOc1cccnc1.I. The van der Waals surface area contributed by atoms with Crippen LogP contribution in [0.4, 0.5) is 0 Å². The topological polar surface area (TPSA) is 95.9 Å². The molecule has 0 spiro atoms. The summed E-state index contributed by atoms with van der Waals surface area (Å²) in [6, 6.07) is 3.68. The molecule has 2 heterocycles. The van der Waals surface area contributed by atoms with E-state index in [4.69, 9.17) is 4.74 Å². The molecule has 1 aromatic heterocycles. The highest BCUT2D eigenvalue weighted by molar-refractivity contribution is 14.0. The van der Waals surface area contributed by atoms with E-state index in [1.54, 1.807) is 12.4 Å². The van der Waals surface area contributed by atoms with Crippen LogP contribution in [0.2, 0.25) is 0 Å². The van der Waals surface area contributed by atoms with Crippen molar-refractivity contribution < 1.29 is 14.3 Å². The fourth-order valence-electron chi connectivity index (χ4n) is 4.56. The van der Waals surface area contributed by atoms with E-state index in [-0.39, 0.29) is 59.5 Å². The minimum atomic E-state index is -0.141. The summed E-state index contributed by atoms with van der Waals surface area (Å²) >= 11 is 0. The minimum absolute atomic E-state index is 0. The van der Waals surface area contributed by atoms with Gasteiger partial charge < -0.3 is 15.4 Å². The number of hydrogen-bond acceptors (Lipinski definition) is 5. The molecule has 0 aromatic carbocycles. The highest BCUT2D eigenvalue weighted by atomic mass is 127. The molecule has 4 rings (SSSR count). The number of ether oxygens (including phenoxy) is 1. The van der Waals surface area contributed by atoms with Crippen molar-refractivity contribution in [3.63, 3.8) is 0 Å². The lowest BCUT2D eigenvalue weighted by molar-refractivity contribution is -0.140. The number of carbonyl (C=O) groups is 2. The Morgan fingerprint density at radius 1 is 1.23 bits per heavy atom. The third-order valence-corrected chi connectivity index (χ3v) is 5.80. The summed E-state index contributed by atoms with van der Waals surface area (Å²) in [4.78, 5) is 35.3. The van der Waals surface area contributed by atoms with Crippen molar-refractivity contribution in [2.75, 3.05) is 32.8 Å². The average Bonchev–Trinajstić information content (AvgIpc) is 3.41. The number of aliphatic imine (C=N–C) groups is 1. The van der Waals surface area contributed by atoms with Gasteiger partial charge in [-0.25, -0.2) is 0 Å². The maximum Gasteiger partial charge on any atom is 0.233 e. The van der Waals surface area contributed by atoms with E-state index >= 15 is 0 Å². The summed E-state index contributed by atoms with van der Waals surface area (Å²) in [5.74, 6) is 1.53. The molecule has 1 aliphatic heterocycles. The molecule has 1 saturated heterocycles. The summed E-state index contributed by atoms with van der Waals surface area (Å²) in [5.41, 5.74) is 0. The maximum absolute atomic E-state index is 12.7. The van der Waals surface area contributed by atoms with Crippen molar-refractivity contribution in [2.45, 2.75) is 13.3 Å². The number of fused-ring (bicyclic) bond motifs is 5. The standard InChI is InChI=1S/C21H27N5O3.HI/c1-2-23-21(25-9-11-29-16-4-3-7-22-13-16)24-8-10-26-19(27)17-14-5-6-15(12-14)18(17)20(26)28;/h3-7,13-15,17-18H,2,8-12H2,1H3,(H2,23,24,25);1H. The number of imide groups is 1. The van der Waals surface area contributed by atoms with E-state index in [1.807, 2.05) is 19.1 Å². The van der Waals surface area contributed by atoms with E-state index < -0.39 is 0 Å². The Morgan fingerprint density at radius 3 is 2.60 bits per heavy atom. The zero-order valence-electron chi connectivity index (χ0n) is 17.0. The second kappa shape index (κ2) is 10.2. The van der Waals surface area contributed by atoms with Gasteiger partial charge in [-0.2, -0.15) is 0 Å². The molecule has 3 aliphatic rings. The largest absolute Gasteiger partial charge is 0.490 e. The average molecular weight is 525 g/mol. The Bertz CT molecular complexity index is 786. The van der Waals surface area contributed by atoms with Crippen molar-refractivity contribution in [2.24, 2.45) is 28.7 Å². The summed E-state index contributed by atoms with van der Waals surface area (Å²) in [5, 5.41) is 6.36. The predicted octanol–water partition coefficient (Wildman–Crippen LogP) is 1.44. The lowest BCUT2D eigenvalue weighted by atomic mass is 9.85. The Morgan fingerprint density at radius 2 is 1.97 bits per heavy atom. The molecule has 9 heteroatoms. The van der Waals surface area contributed by atoms with E-state index in [9.17, 15) is 9.59 Å². The van der Waals surface area contributed by atoms with Gasteiger partial charge in [0, 0.05) is 19.3 Å². The predicted molar refractivity (Wildman–Crippen MR) is 124 cm³/mol. The third-order valence-electron chi connectivity index (χ3n) is 5.80. The molecule has 1 aromatic rings. The number of nitrogens with one attached hydrogen (secondary N) is 2. The first kappa shape index (κ1) is 22.5. The molecular formula is C21H28IN5O3. The number of amides is 2. The van der Waals surface area contributed by atoms with Gasteiger partial charge in [0.15, 0.2) is 5.96 Å². The van der Waals surface area contributed by atoms with Crippen molar-refractivity contribution >= 4 is 41.8 Å². The van der Waals surface area contributed by atoms with Crippen molar-refractivity contribution in [3.8, 4) is 5.75 Å². The Kier molecular flexibility index (Phi) is 7.68. The van der Waals surface area contributed by atoms with Crippen LogP contribution in [0.3, 0.4) is 0 Å². The van der Waals surface area contributed by atoms with Gasteiger partial charge in [-0.1, -0.05) is 12.2 Å². The molecular weight excluding hydrogens is 497 g/mol. The van der Waals surface area contributed by atoms with Gasteiger partial charge in [0.2, 0.25) is 11.8 Å². The summed E-state index contributed by atoms with van der Waals surface area (Å²) in [6.45, 7) is 4.45. The zero-order valence-corrected chi connectivity index (χ0v) is 19.3. The van der Waals surface area contributed by atoms with Gasteiger partial charge in [-0.15, -0.1) is 24.0 Å². The van der Waals surface area contributed by atoms with Gasteiger partial charge >= 0.3 is 0 Å². The lowest BCUT2D eigenvalue weighted by Crippen LogP contribution is -2.40. The van der Waals surface area contributed by atoms with Crippen LogP contribution < -0.4 is 15.4 Å². The Labute approximate surface area is 193 Å². The number of guanidine groups is 1. The van der Waals surface area contributed by atoms with Crippen LogP contribution >= 0.6 is 24.0 Å². The molecule has 2 fully saturated rings. The number of nitrogens with zero attached hydrogens (tertiary/aromatic N) is 3. The quantitative estimate of drug-likeness (QED) is 0.133. The number of hydrogen-bond donors (Lipinski definition) is 2. The molecule has 4 unspecified atom stereocenters. The number of carbonyl (C=O) groups excluding carboxylic acids is 2. The minimum Gasteiger partial charge on any atom is -0.490 e. The Balaban J connectivity index is 0.00000256. The van der Waals surface area contributed by atoms with E-state index in [0.29, 0.717) is 32.2 Å². The molecule has 1 saturated carbocycles. The highest BCUT2D eigenvalue weighted by Crippen LogP contribution is 2.52. The maximum atomic E-state index is 12.7. The molecule has 30 heavy (non-hydrogen) atoms. The van der Waals surface area contributed by atoms with Crippen molar-refractivity contribution in [1.29, 1.82) is 0 Å². The third kappa shape index (κ3) is 4.60. The molecule has 4 atom stereocenters. The van der Waals surface area contributed by atoms with E-state index in [2.05, 4.69) is 32.8 Å². The van der Waals surface area contributed by atoms with Crippen LogP contribution in [-0.2, 0) is 9.59 Å². The molecule has 8 nitrogen and oxygen atoms in total. The van der Waals surface area contributed by atoms with Crippen molar-refractivity contribution in [1.82, 2.24) is 20.5 Å². The molecule has 2 bridgehead atoms. The number of aromatic nitrogens is 1. The first-order chi connectivity index (χ1) is 14.2. The molecule has 0 radical (unpaired) electrons. The fraction of sp³-hybridized carbons (Fsp3) is 0.524. The first-order valence-electron chi connectivity index (χ1n) is 10.3. The zero-order chi connectivity index (χ0) is 20.2. The second-order valence-electron chi connectivity index (χ2n) is 7.55. The smallest absolute Gasteiger partial charge is 0.233 e. The van der Waals surface area contributed by atoms with Gasteiger partial charge in [0.25, 0.3) is 0 Å². The number of pyridine rings is 1. The number of allylic oxidation sites excluding steroid dienone is 2. The number of likely N-dealkylation sites (tertiary alicyclic amines) is 1. The number of halogens is 1. The van der Waals surface area contributed by atoms with Crippen LogP contribution in [0.25, 0.3) is 0 Å². The molecule has 2 amide bonds. The monoisotopic (exact) mass is 525 g/mol. The van der Waals surface area contributed by atoms with E-state index in [0.717, 1.165) is 18.7 Å². The van der Waals surface area contributed by atoms with Gasteiger partial charge in [-0.3, -0.25) is 24.5 Å².